The number of hydrogen-bond donors (Lipinski definition) is 0. The molecule has 2 aromatic carbocycles. The van der Waals surface area contributed by atoms with Crippen LogP contribution in [0.25, 0.3) is 0 Å². The highest BCUT2D eigenvalue weighted by atomic mass is 35.5. The number of likely N-dealkylation sites (tertiary alicyclic amines) is 1. The van der Waals surface area contributed by atoms with Crippen LogP contribution in [0.15, 0.2) is 54.6 Å². The van der Waals surface area contributed by atoms with E-state index in [0.717, 1.165) is 37.2 Å². The summed E-state index contributed by atoms with van der Waals surface area (Å²) >= 11 is 6.32. The smallest absolute Gasteiger partial charge is 0.0451 e. The minimum Gasteiger partial charge on any atom is -0.299 e. The van der Waals surface area contributed by atoms with Crippen LogP contribution in [0.4, 0.5) is 0 Å². The monoisotopic (exact) mass is 383 g/mol. The highest BCUT2D eigenvalue weighted by Crippen LogP contribution is 2.22. The zero-order chi connectivity index (χ0) is 18.5. The van der Waals surface area contributed by atoms with Crippen molar-refractivity contribution >= 4 is 11.6 Å². The van der Waals surface area contributed by atoms with Crippen LogP contribution in [-0.4, -0.2) is 60.0 Å². The van der Waals surface area contributed by atoms with Gasteiger partial charge in [-0.15, -0.1) is 0 Å². The third-order valence-electron chi connectivity index (χ3n) is 6.08. The van der Waals surface area contributed by atoms with Gasteiger partial charge in [0.25, 0.3) is 0 Å². The third-order valence-corrected chi connectivity index (χ3v) is 6.45. The molecule has 0 N–H and O–H groups in total. The standard InChI is InChI=1S/C23H30ClN3/c24-23-9-5-4-8-21(23)19-26-14-16-27(17-15-26)22-10-12-25(13-11-22)18-20-6-2-1-3-7-20/h1-9,22H,10-19H2. The van der Waals surface area contributed by atoms with Gasteiger partial charge in [0, 0.05) is 50.3 Å². The summed E-state index contributed by atoms with van der Waals surface area (Å²) in [7, 11) is 0. The van der Waals surface area contributed by atoms with E-state index in [1.54, 1.807) is 0 Å². The van der Waals surface area contributed by atoms with Crippen molar-refractivity contribution < 1.29 is 0 Å². The number of rotatable bonds is 5. The SMILES string of the molecule is Clc1ccccc1CN1CCN(C2CCN(Cc3ccccc3)CC2)CC1. The molecule has 0 aliphatic carbocycles. The Morgan fingerprint density at radius 3 is 2.04 bits per heavy atom. The molecule has 2 aliphatic heterocycles. The lowest BCUT2D eigenvalue weighted by molar-refractivity contribution is 0.0550. The van der Waals surface area contributed by atoms with E-state index in [-0.39, 0.29) is 0 Å². The summed E-state index contributed by atoms with van der Waals surface area (Å²) in [4.78, 5) is 7.88. The van der Waals surface area contributed by atoms with E-state index >= 15 is 0 Å². The number of halogens is 1. The van der Waals surface area contributed by atoms with Gasteiger partial charge in [0.2, 0.25) is 0 Å². The van der Waals surface area contributed by atoms with Crippen LogP contribution in [-0.2, 0) is 13.1 Å². The molecule has 2 heterocycles. The van der Waals surface area contributed by atoms with Crippen molar-refractivity contribution in [1.29, 1.82) is 0 Å². The molecular weight excluding hydrogens is 354 g/mol. The van der Waals surface area contributed by atoms with Gasteiger partial charge in [-0.05, 0) is 43.1 Å². The summed E-state index contributed by atoms with van der Waals surface area (Å²) in [6.45, 7) is 9.19. The third kappa shape index (κ3) is 5.11. The van der Waals surface area contributed by atoms with Crippen LogP contribution < -0.4 is 0 Å². The first-order valence-electron chi connectivity index (χ1n) is 10.2. The first-order valence-corrected chi connectivity index (χ1v) is 10.6. The Morgan fingerprint density at radius 1 is 0.704 bits per heavy atom. The van der Waals surface area contributed by atoms with Gasteiger partial charge in [0.1, 0.15) is 0 Å². The van der Waals surface area contributed by atoms with Gasteiger partial charge in [-0.25, -0.2) is 0 Å². The van der Waals surface area contributed by atoms with Crippen molar-refractivity contribution in [1.82, 2.24) is 14.7 Å². The summed E-state index contributed by atoms with van der Waals surface area (Å²) in [5, 5.41) is 0.894. The van der Waals surface area contributed by atoms with Crippen molar-refractivity contribution in [3.05, 3.63) is 70.7 Å². The molecule has 0 amide bonds. The fourth-order valence-electron chi connectivity index (χ4n) is 4.44. The summed E-state index contributed by atoms with van der Waals surface area (Å²) < 4.78 is 0. The predicted molar refractivity (Wildman–Crippen MR) is 113 cm³/mol. The average molecular weight is 384 g/mol. The summed E-state index contributed by atoms with van der Waals surface area (Å²) in [6, 6.07) is 19.9. The van der Waals surface area contributed by atoms with Crippen LogP contribution in [0.3, 0.4) is 0 Å². The number of piperidine rings is 1. The van der Waals surface area contributed by atoms with Crippen molar-refractivity contribution in [3.8, 4) is 0 Å². The molecule has 144 valence electrons. The molecule has 2 fully saturated rings. The van der Waals surface area contributed by atoms with Gasteiger partial charge in [-0.3, -0.25) is 14.7 Å². The van der Waals surface area contributed by atoms with Crippen molar-refractivity contribution in [3.63, 3.8) is 0 Å². The fraction of sp³-hybridized carbons (Fsp3) is 0.478. The fourth-order valence-corrected chi connectivity index (χ4v) is 4.63. The van der Waals surface area contributed by atoms with E-state index in [9.17, 15) is 0 Å². The first kappa shape index (κ1) is 18.9. The first-order chi connectivity index (χ1) is 13.3. The number of benzene rings is 2. The summed E-state index contributed by atoms with van der Waals surface area (Å²) in [5.41, 5.74) is 2.69. The highest BCUT2D eigenvalue weighted by molar-refractivity contribution is 6.31. The minimum atomic E-state index is 0.763. The Bertz CT molecular complexity index is 705. The molecule has 4 heteroatoms. The summed E-state index contributed by atoms with van der Waals surface area (Å²) in [5.74, 6) is 0. The van der Waals surface area contributed by atoms with Crippen molar-refractivity contribution in [2.75, 3.05) is 39.3 Å². The molecule has 0 aromatic heterocycles. The quantitative estimate of drug-likeness (QED) is 0.768. The van der Waals surface area contributed by atoms with Crippen LogP contribution in [0, 0.1) is 0 Å². The maximum Gasteiger partial charge on any atom is 0.0451 e. The van der Waals surface area contributed by atoms with Gasteiger partial charge in [-0.1, -0.05) is 60.1 Å². The molecule has 0 unspecified atom stereocenters. The van der Waals surface area contributed by atoms with E-state index < -0.39 is 0 Å². The topological polar surface area (TPSA) is 9.72 Å². The van der Waals surface area contributed by atoms with Crippen LogP contribution in [0.1, 0.15) is 24.0 Å². The molecule has 0 radical (unpaired) electrons. The molecule has 0 saturated carbocycles. The Kier molecular flexibility index (Phi) is 6.46. The molecule has 2 aromatic rings. The predicted octanol–water partition coefficient (Wildman–Crippen LogP) is 4.12. The lowest BCUT2D eigenvalue weighted by atomic mass is 10.0. The molecular formula is C23H30ClN3. The maximum absolute atomic E-state index is 6.32. The molecule has 2 saturated heterocycles. The second kappa shape index (κ2) is 9.20. The molecule has 27 heavy (non-hydrogen) atoms. The zero-order valence-corrected chi connectivity index (χ0v) is 16.8. The average Bonchev–Trinajstić information content (AvgIpc) is 2.72. The van der Waals surface area contributed by atoms with E-state index in [1.165, 1.54) is 50.1 Å². The second-order valence-corrected chi connectivity index (χ2v) is 8.30. The maximum atomic E-state index is 6.32. The Labute approximate surface area is 168 Å². The van der Waals surface area contributed by atoms with E-state index in [1.807, 2.05) is 12.1 Å². The molecule has 0 atom stereocenters. The van der Waals surface area contributed by atoms with Gasteiger partial charge < -0.3 is 0 Å². The van der Waals surface area contributed by atoms with Gasteiger partial charge >= 0.3 is 0 Å². The largest absolute Gasteiger partial charge is 0.299 e. The van der Waals surface area contributed by atoms with E-state index in [2.05, 4.69) is 57.2 Å². The Morgan fingerprint density at radius 2 is 1.33 bits per heavy atom. The summed E-state index contributed by atoms with van der Waals surface area (Å²) in [6.07, 6.45) is 2.61. The minimum absolute atomic E-state index is 0.763. The zero-order valence-electron chi connectivity index (χ0n) is 16.1. The number of piperazine rings is 1. The molecule has 3 nitrogen and oxygen atoms in total. The van der Waals surface area contributed by atoms with Gasteiger partial charge in [0.15, 0.2) is 0 Å². The van der Waals surface area contributed by atoms with Crippen LogP contribution >= 0.6 is 11.6 Å². The molecule has 2 aliphatic rings. The highest BCUT2D eigenvalue weighted by Gasteiger charge is 2.27. The van der Waals surface area contributed by atoms with Gasteiger partial charge in [-0.2, -0.15) is 0 Å². The Balaban J connectivity index is 1.21. The Hall–Kier alpha value is -1.39. The number of hydrogen-bond acceptors (Lipinski definition) is 3. The van der Waals surface area contributed by atoms with Crippen molar-refractivity contribution in [2.24, 2.45) is 0 Å². The van der Waals surface area contributed by atoms with Crippen molar-refractivity contribution in [2.45, 2.75) is 32.0 Å². The second-order valence-electron chi connectivity index (χ2n) is 7.90. The number of nitrogens with zero attached hydrogens (tertiary/aromatic N) is 3. The normalized spacial score (nSPS) is 20.8. The van der Waals surface area contributed by atoms with Crippen LogP contribution in [0.2, 0.25) is 5.02 Å². The molecule has 0 bridgehead atoms. The van der Waals surface area contributed by atoms with Gasteiger partial charge in [0.05, 0.1) is 0 Å². The molecule has 0 spiro atoms. The van der Waals surface area contributed by atoms with E-state index in [0.29, 0.717) is 0 Å². The lowest BCUT2D eigenvalue weighted by Crippen LogP contribution is -2.52. The van der Waals surface area contributed by atoms with Crippen LogP contribution in [0.5, 0.6) is 0 Å². The molecule has 4 rings (SSSR count). The lowest BCUT2D eigenvalue weighted by Gasteiger charge is -2.43. The van der Waals surface area contributed by atoms with E-state index in [4.69, 9.17) is 11.6 Å².